The molecule has 1 unspecified atom stereocenters. The van der Waals surface area contributed by atoms with Crippen LogP contribution in [0.1, 0.15) is 17.5 Å². The average molecular weight is 343 g/mol. The molecule has 3 rings (SSSR count). The minimum atomic E-state index is -4.42. The Morgan fingerprint density at radius 1 is 1.28 bits per heavy atom. The van der Waals surface area contributed by atoms with Crippen molar-refractivity contribution in [1.82, 2.24) is 4.98 Å². The predicted molar refractivity (Wildman–Crippen MR) is 87.0 cm³/mol. The van der Waals surface area contributed by atoms with Gasteiger partial charge in [0.05, 0.1) is 23.4 Å². The van der Waals surface area contributed by atoms with E-state index < -0.39 is 11.7 Å². The summed E-state index contributed by atoms with van der Waals surface area (Å²) in [6.45, 7) is 1.16. The molecule has 1 atom stereocenters. The van der Waals surface area contributed by atoms with Crippen molar-refractivity contribution in [1.29, 1.82) is 5.26 Å². The van der Waals surface area contributed by atoms with Gasteiger partial charge in [-0.25, -0.2) is 4.98 Å². The van der Waals surface area contributed by atoms with E-state index in [1.54, 1.807) is 12.1 Å². The molecule has 0 aliphatic carbocycles. The molecule has 25 heavy (non-hydrogen) atoms. The maximum atomic E-state index is 12.5. The molecule has 1 fully saturated rings. The van der Waals surface area contributed by atoms with E-state index in [4.69, 9.17) is 12.6 Å². The highest BCUT2D eigenvalue weighted by Gasteiger charge is 2.31. The van der Waals surface area contributed by atoms with Crippen molar-refractivity contribution in [2.45, 2.75) is 18.7 Å². The van der Waals surface area contributed by atoms with E-state index in [1.165, 1.54) is 6.07 Å². The first kappa shape index (κ1) is 17.1. The number of nitrogens with zero attached hydrogens (tertiary/aromatic N) is 3. The molecule has 2 radical (unpaired) electrons. The van der Waals surface area contributed by atoms with Gasteiger partial charge in [-0.3, -0.25) is 0 Å². The zero-order valence-corrected chi connectivity index (χ0v) is 13.1. The van der Waals surface area contributed by atoms with Crippen molar-refractivity contribution < 1.29 is 17.9 Å². The molecule has 0 N–H and O–H groups in total. The molecule has 8 heteroatoms. The fourth-order valence-corrected chi connectivity index (χ4v) is 2.77. The minimum Gasteiger partial charge on any atom is -0.472 e. The summed E-state index contributed by atoms with van der Waals surface area (Å²) in [5.41, 5.74) is 0.741. The van der Waals surface area contributed by atoms with E-state index in [-0.39, 0.29) is 12.0 Å². The van der Waals surface area contributed by atoms with Gasteiger partial charge < -0.3 is 9.64 Å². The third-order valence-electron chi connectivity index (χ3n) is 4.02. The van der Waals surface area contributed by atoms with Crippen molar-refractivity contribution >= 4 is 19.0 Å². The molecule has 4 nitrogen and oxygen atoms in total. The number of halogens is 3. The number of benzene rings is 1. The molecule has 1 aliphatic rings. The van der Waals surface area contributed by atoms with Crippen LogP contribution in [-0.4, -0.2) is 32.0 Å². The molecule has 0 saturated carbocycles. The van der Waals surface area contributed by atoms with Gasteiger partial charge >= 0.3 is 6.18 Å². The summed E-state index contributed by atoms with van der Waals surface area (Å²) < 4.78 is 43.3. The summed E-state index contributed by atoms with van der Waals surface area (Å²) in [7, 11) is 5.82. The number of aromatic nitrogens is 1. The average Bonchev–Trinajstić information content (AvgIpc) is 3.02. The normalized spacial score (nSPS) is 17.4. The van der Waals surface area contributed by atoms with Crippen LogP contribution in [0.3, 0.4) is 0 Å². The molecule has 1 aromatic carbocycles. The van der Waals surface area contributed by atoms with Crippen molar-refractivity contribution in [3.05, 3.63) is 47.7 Å². The Morgan fingerprint density at radius 2 is 2.08 bits per heavy atom. The number of pyridine rings is 1. The quantitative estimate of drug-likeness (QED) is 0.804. The number of rotatable bonds is 3. The fourth-order valence-electron chi connectivity index (χ4n) is 2.77. The predicted octanol–water partition coefficient (Wildman–Crippen LogP) is 2.42. The Kier molecular flexibility index (Phi) is 4.58. The van der Waals surface area contributed by atoms with Gasteiger partial charge in [-0.1, -0.05) is 17.6 Å². The highest BCUT2D eigenvalue weighted by Crippen LogP contribution is 2.30. The molecular weight excluding hydrogens is 330 g/mol. The van der Waals surface area contributed by atoms with Crippen LogP contribution in [0.25, 0.3) is 0 Å². The first-order chi connectivity index (χ1) is 11.9. The second-order valence-electron chi connectivity index (χ2n) is 5.71. The van der Waals surface area contributed by atoms with Crippen molar-refractivity contribution in [2.24, 2.45) is 0 Å². The van der Waals surface area contributed by atoms with Crippen LogP contribution >= 0.6 is 0 Å². The lowest BCUT2D eigenvalue weighted by Gasteiger charge is -2.21. The van der Waals surface area contributed by atoms with Crippen molar-refractivity contribution in [3.63, 3.8) is 0 Å². The lowest BCUT2D eigenvalue weighted by atomic mass is 9.90. The number of ether oxygens (including phenoxy) is 1. The number of anilines is 1. The standard InChI is InChI=1S/C17H13BF3N3O/c18-14-2-1-3-15(13(14)8-22)24-7-6-12(10-24)25-16-5-4-11(9-23-16)17(19,20)21/h1-5,9,12H,6-7,10H2. The molecule has 0 bridgehead atoms. The largest absolute Gasteiger partial charge is 0.472 e. The van der Waals surface area contributed by atoms with Gasteiger partial charge in [-0.05, 0) is 12.1 Å². The Hall–Kier alpha value is -2.69. The first-order valence-electron chi connectivity index (χ1n) is 7.62. The Bertz CT molecular complexity index is 802. The van der Waals surface area contributed by atoms with Crippen LogP contribution in [0.4, 0.5) is 18.9 Å². The summed E-state index contributed by atoms with van der Waals surface area (Å²) in [6.07, 6.45) is -3.22. The van der Waals surface area contributed by atoms with Gasteiger partial charge in [0, 0.05) is 25.2 Å². The number of alkyl halides is 3. The second-order valence-corrected chi connectivity index (χ2v) is 5.71. The van der Waals surface area contributed by atoms with Crippen molar-refractivity contribution in [2.75, 3.05) is 18.0 Å². The summed E-state index contributed by atoms with van der Waals surface area (Å²) in [6, 6.07) is 9.51. The van der Waals surface area contributed by atoms with Gasteiger partial charge in [0.1, 0.15) is 20.0 Å². The fraction of sp³-hybridized carbons (Fsp3) is 0.294. The number of nitriles is 1. The van der Waals surface area contributed by atoms with Gasteiger partial charge in [-0.2, -0.15) is 18.4 Å². The SMILES string of the molecule is [B]c1cccc(N2CCC(Oc3ccc(C(F)(F)F)cn3)C2)c1C#N. The first-order valence-corrected chi connectivity index (χ1v) is 7.62. The molecule has 0 spiro atoms. The van der Waals surface area contributed by atoms with Gasteiger partial charge in [-0.15, -0.1) is 0 Å². The summed E-state index contributed by atoms with van der Waals surface area (Å²) in [5, 5.41) is 9.26. The zero-order chi connectivity index (χ0) is 18.0. The van der Waals surface area contributed by atoms with E-state index in [0.29, 0.717) is 30.5 Å². The van der Waals surface area contributed by atoms with E-state index in [1.807, 2.05) is 11.0 Å². The summed E-state index contributed by atoms with van der Waals surface area (Å²) >= 11 is 0. The third kappa shape index (κ3) is 3.71. The second kappa shape index (κ2) is 6.67. The van der Waals surface area contributed by atoms with Crippen LogP contribution in [-0.2, 0) is 6.18 Å². The Balaban J connectivity index is 1.68. The maximum absolute atomic E-state index is 12.5. The molecule has 2 aromatic rings. The number of hydrogen-bond acceptors (Lipinski definition) is 4. The van der Waals surface area contributed by atoms with Gasteiger partial charge in [0.2, 0.25) is 5.88 Å². The van der Waals surface area contributed by atoms with E-state index in [2.05, 4.69) is 11.1 Å². The zero-order valence-electron chi connectivity index (χ0n) is 13.1. The Labute approximate surface area is 144 Å². The van der Waals surface area contributed by atoms with Crippen LogP contribution in [0.15, 0.2) is 36.5 Å². The molecule has 2 heterocycles. The minimum absolute atomic E-state index is 0.146. The van der Waals surface area contributed by atoms with E-state index in [9.17, 15) is 18.4 Å². The van der Waals surface area contributed by atoms with Crippen LogP contribution in [0, 0.1) is 11.3 Å². The monoisotopic (exact) mass is 343 g/mol. The highest BCUT2D eigenvalue weighted by molar-refractivity contribution is 6.34. The molecule has 1 aliphatic heterocycles. The highest BCUT2D eigenvalue weighted by atomic mass is 19.4. The topological polar surface area (TPSA) is 49.1 Å². The van der Waals surface area contributed by atoms with E-state index in [0.717, 1.165) is 18.0 Å². The van der Waals surface area contributed by atoms with Crippen LogP contribution in [0.5, 0.6) is 5.88 Å². The molecular formula is C17H13BF3N3O. The lowest BCUT2D eigenvalue weighted by Crippen LogP contribution is -2.27. The van der Waals surface area contributed by atoms with Crippen molar-refractivity contribution in [3.8, 4) is 11.9 Å². The van der Waals surface area contributed by atoms with Crippen LogP contribution < -0.4 is 15.1 Å². The van der Waals surface area contributed by atoms with E-state index >= 15 is 0 Å². The molecule has 1 saturated heterocycles. The van der Waals surface area contributed by atoms with Gasteiger partial charge in [0.15, 0.2) is 0 Å². The molecule has 126 valence electrons. The van der Waals surface area contributed by atoms with Crippen LogP contribution in [0.2, 0.25) is 0 Å². The number of hydrogen-bond donors (Lipinski definition) is 0. The molecule has 0 amide bonds. The van der Waals surface area contributed by atoms with Gasteiger partial charge in [0.25, 0.3) is 0 Å². The Morgan fingerprint density at radius 3 is 2.72 bits per heavy atom. The summed E-state index contributed by atoms with van der Waals surface area (Å²) in [4.78, 5) is 5.70. The third-order valence-corrected chi connectivity index (χ3v) is 4.02. The maximum Gasteiger partial charge on any atom is 0.417 e. The molecule has 1 aromatic heterocycles. The smallest absolute Gasteiger partial charge is 0.417 e. The summed E-state index contributed by atoms with van der Waals surface area (Å²) in [5.74, 6) is 0.146. The lowest BCUT2D eigenvalue weighted by molar-refractivity contribution is -0.137.